The molecule has 0 aliphatic rings. The smallest absolute Gasteiger partial charge is 0.302 e. The topological polar surface area (TPSA) is 76.0 Å². The van der Waals surface area contributed by atoms with Gasteiger partial charge < -0.3 is 19.7 Å². The van der Waals surface area contributed by atoms with Gasteiger partial charge in [0.15, 0.2) is 0 Å². The average molecular weight is 236 g/mol. The van der Waals surface area contributed by atoms with E-state index in [4.69, 9.17) is 14.9 Å². The minimum atomic E-state index is -0.445. The molecule has 0 aromatic carbocycles. The molecule has 0 bridgehead atoms. The standard InChI is InChI=1S/C6H14O3.C5H10O2/c1-5(8)4-9-6(2)3-7;1-3-4-7-5(2)6/h5-8H,3-4H2,1-2H3;3-4H2,1-2H3. The molecule has 5 nitrogen and oxygen atoms in total. The largest absolute Gasteiger partial charge is 0.466 e. The molecule has 0 rings (SSSR count). The summed E-state index contributed by atoms with van der Waals surface area (Å²) in [5, 5.41) is 17.1. The maximum atomic E-state index is 9.98. The van der Waals surface area contributed by atoms with Crippen LogP contribution in [-0.2, 0) is 14.3 Å². The lowest BCUT2D eigenvalue weighted by atomic mass is 10.4. The van der Waals surface area contributed by atoms with E-state index in [1.54, 1.807) is 13.8 Å². The van der Waals surface area contributed by atoms with Crippen molar-refractivity contribution in [1.82, 2.24) is 0 Å². The molecule has 98 valence electrons. The molecular weight excluding hydrogens is 212 g/mol. The van der Waals surface area contributed by atoms with Crippen molar-refractivity contribution in [3.63, 3.8) is 0 Å². The molecular formula is C11H24O5. The Morgan fingerprint density at radius 2 is 1.94 bits per heavy atom. The van der Waals surface area contributed by atoms with Crippen molar-refractivity contribution in [2.75, 3.05) is 19.8 Å². The van der Waals surface area contributed by atoms with Gasteiger partial charge in [0.05, 0.1) is 32.0 Å². The molecule has 0 aromatic heterocycles. The number of hydrogen-bond acceptors (Lipinski definition) is 5. The van der Waals surface area contributed by atoms with Gasteiger partial charge in [0.1, 0.15) is 0 Å². The summed E-state index contributed by atoms with van der Waals surface area (Å²) in [6.07, 6.45) is 0.290. The Labute approximate surface area is 97.4 Å². The van der Waals surface area contributed by atoms with E-state index in [0.29, 0.717) is 13.2 Å². The zero-order valence-electron chi connectivity index (χ0n) is 10.6. The van der Waals surface area contributed by atoms with Crippen molar-refractivity contribution in [3.8, 4) is 0 Å². The lowest BCUT2D eigenvalue weighted by Gasteiger charge is -2.10. The summed E-state index contributed by atoms with van der Waals surface area (Å²) in [6, 6.07) is 0. The Hall–Kier alpha value is -0.650. The van der Waals surface area contributed by atoms with Gasteiger partial charge in [-0.05, 0) is 20.3 Å². The average Bonchev–Trinajstić information content (AvgIpc) is 2.23. The summed E-state index contributed by atoms with van der Waals surface area (Å²) in [6.45, 7) is 7.62. The fourth-order valence-corrected chi connectivity index (χ4v) is 0.602. The van der Waals surface area contributed by atoms with E-state index < -0.39 is 6.10 Å². The summed E-state index contributed by atoms with van der Waals surface area (Å²) >= 11 is 0. The van der Waals surface area contributed by atoms with Crippen molar-refractivity contribution < 1.29 is 24.5 Å². The van der Waals surface area contributed by atoms with E-state index in [1.807, 2.05) is 6.92 Å². The van der Waals surface area contributed by atoms with Crippen LogP contribution < -0.4 is 0 Å². The highest BCUT2D eigenvalue weighted by molar-refractivity contribution is 5.65. The molecule has 0 aliphatic carbocycles. The Morgan fingerprint density at radius 1 is 1.38 bits per heavy atom. The molecule has 0 fully saturated rings. The predicted octanol–water partition coefficient (Wildman–Crippen LogP) is 0.724. The van der Waals surface area contributed by atoms with Gasteiger partial charge in [-0.1, -0.05) is 6.92 Å². The van der Waals surface area contributed by atoms with Crippen LogP contribution in [0.2, 0.25) is 0 Å². The minimum absolute atomic E-state index is 0.00667. The molecule has 2 unspecified atom stereocenters. The third-order valence-corrected chi connectivity index (χ3v) is 1.39. The van der Waals surface area contributed by atoms with Gasteiger partial charge in [-0.2, -0.15) is 0 Å². The van der Waals surface area contributed by atoms with Crippen LogP contribution in [0.1, 0.15) is 34.1 Å². The van der Waals surface area contributed by atoms with Crippen LogP contribution in [0.25, 0.3) is 0 Å². The first-order chi connectivity index (χ1) is 7.43. The van der Waals surface area contributed by atoms with Crippen LogP contribution in [0, 0.1) is 0 Å². The van der Waals surface area contributed by atoms with Crippen LogP contribution >= 0.6 is 0 Å². The highest BCUT2D eigenvalue weighted by atomic mass is 16.5. The fourth-order valence-electron chi connectivity index (χ4n) is 0.602. The molecule has 5 heteroatoms. The highest BCUT2D eigenvalue weighted by Crippen LogP contribution is 1.90. The summed E-state index contributed by atoms with van der Waals surface area (Å²) in [5.74, 6) is -0.193. The quantitative estimate of drug-likeness (QED) is 0.665. The molecule has 0 saturated carbocycles. The van der Waals surface area contributed by atoms with Crippen LogP contribution in [0.4, 0.5) is 0 Å². The van der Waals surface area contributed by atoms with Crippen molar-refractivity contribution in [3.05, 3.63) is 0 Å². The number of carbonyl (C=O) groups excluding carboxylic acids is 1. The number of rotatable bonds is 6. The molecule has 2 atom stereocenters. The van der Waals surface area contributed by atoms with Gasteiger partial charge in [0.25, 0.3) is 0 Å². The third kappa shape index (κ3) is 19.0. The normalized spacial score (nSPS) is 13.4. The van der Waals surface area contributed by atoms with Crippen molar-refractivity contribution in [1.29, 1.82) is 0 Å². The molecule has 0 saturated heterocycles. The van der Waals surface area contributed by atoms with E-state index in [9.17, 15) is 4.79 Å². The van der Waals surface area contributed by atoms with Crippen molar-refractivity contribution >= 4 is 5.97 Å². The molecule has 2 N–H and O–H groups in total. The summed E-state index contributed by atoms with van der Waals surface area (Å²) in [7, 11) is 0. The van der Waals surface area contributed by atoms with E-state index in [2.05, 4.69) is 4.74 Å². The zero-order valence-corrected chi connectivity index (χ0v) is 10.6. The number of carbonyl (C=O) groups is 1. The lowest BCUT2D eigenvalue weighted by molar-refractivity contribution is -0.140. The van der Waals surface area contributed by atoms with E-state index in [1.165, 1.54) is 6.92 Å². The maximum absolute atomic E-state index is 9.98. The summed E-state index contributed by atoms with van der Waals surface area (Å²) in [4.78, 5) is 9.98. The number of aliphatic hydroxyl groups is 2. The molecule has 0 amide bonds. The molecule has 0 heterocycles. The Morgan fingerprint density at radius 3 is 2.19 bits per heavy atom. The molecule has 0 aromatic rings. The fraction of sp³-hybridized carbons (Fsp3) is 0.909. The SMILES string of the molecule is CC(O)COC(C)CO.CCCOC(C)=O. The molecule has 0 radical (unpaired) electrons. The van der Waals surface area contributed by atoms with Crippen LogP contribution in [0.3, 0.4) is 0 Å². The van der Waals surface area contributed by atoms with Gasteiger partial charge in [-0.15, -0.1) is 0 Å². The lowest BCUT2D eigenvalue weighted by Crippen LogP contribution is -2.19. The minimum Gasteiger partial charge on any atom is -0.466 e. The predicted molar refractivity (Wildman–Crippen MR) is 61.1 cm³/mol. The highest BCUT2D eigenvalue weighted by Gasteiger charge is 2.00. The number of aliphatic hydroxyl groups excluding tert-OH is 2. The molecule has 0 aliphatic heterocycles. The van der Waals surface area contributed by atoms with E-state index in [0.717, 1.165) is 6.42 Å². The van der Waals surface area contributed by atoms with Gasteiger partial charge in [-0.3, -0.25) is 4.79 Å². The zero-order chi connectivity index (χ0) is 13.0. The van der Waals surface area contributed by atoms with E-state index in [-0.39, 0.29) is 18.7 Å². The number of esters is 1. The Balaban J connectivity index is 0. The van der Waals surface area contributed by atoms with E-state index >= 15 is 0 Å². The molecule has 16 heavy (non-hydrogen) atoms. The third-order valence-electron chi connectivity index (χ3n) is 1.39. The monoisotopic (exact) mass is 236 g/mol. The van der Waals surface area contributed by atoms with Crippen molar-refractivity contribution in [2.45, 2.75) is 46.3 Å². The maximum Gasteiger partial charge on any atom is 0.302 e. The first kappa shape index (κ1) is 17.7. The van der Waals surface area contributed by atoms with Crippen LogP contribution in [-0.4, -0.2) is 48.2 Å². The Bertz CT molecular complexity index is 158. The van der Waals surface area contributed by atoms with Gasteiger partial charge in [0, 0.05) is 6.92 Å². The number of ether oxygens (including phenoxy) is 2. The van der Waals surface area contributed by atoms with Gasteiger partial charge >= 0.3 is 5.97 Å². The second-order valence-electron chi connectivity index (χ2n) is 3.52. The summed E-state index contributed by atoms with van der Waals surface area (Å²) < 4.78 is 9.50. The first-order valence-electron chi connectivity index (χ1n) is 5.47. The second kappa shape index (κ2) is 12.4. The second-order valence-corrected chi connectivity index (χ2v) is 3.52. The first-order valence-corrected chi connectivity index (χ1v) is 5.47. The van der Waals surface area contributed by atoms with Gasteiger partial charge in [-0.25, -0.2) is 0 Å². The molecule has 0 spiro atoms. The Kier molecular flexibility index (Phi) is 13.8. The summed E-state index contributed by atoms with van der Waals surface area (Å²) in [5.41, 5.74) is 0. The van der Waals surface area contributed by atoms with Gasteiger partial charge in [0.2, 0.25) is 0 Å². The number of hydrogen-bond donors (Lipinski definition) is 2. The van der Waals surface area contributed by atoms with Crippen molar-refractivity contribution in [2.24, 2.45) is 0 Å². The van der Waals surface area contributed by atoms with Crippen LogP contribution in [0.15, 0.2) is 0 Å². The van der Waals surface area contributed by atoms with Crippen LogP contribution in [0.5, 0.6) is 0 Å².